The fraction of sp³-hybridized carbons (Fsp3) is 0.214. The molecule has 0 spiro atoms. The van der Waals surface area contributed by atoms with Crippen molar-refractivity contribution < 1.29 is 8.78 Å². The van der Waals surface area contributed by atoms with Crippen LogP contribution in [0.1, 0.15) is 22.9 Å². The Bertz CT molecular complexity index is 585. The van der Waals surface area contributed by atoms with Gasteiger partial charge < -0.3 is 5.73 Å². The normalized spacial score (nSPS) is 12.5. The van der Waals surface area contributed by atoms with Gasteiger partial charge in [0.15, 0.2) is 0 Å². The number of benzene rings is 1. The zero-order valence-electron chi connectivity index (χ0n) is 10.3. The summed E-state index contributed by atoms with van der Waals surface area (Å²) in [5.41, 5.74) is 6.90. The van der Waals surface area contributed by atoms with Crippen LogP contribution >= 0.6 is 15.9 Å². The van der Waals surface area contributed by atoms with Crippen molar-refractivity contribution in [1.82, 2.24) is 4.98 Å². The summed E-state index contributed by atoms with van der Waals surface area (Å²) in [7, 11) is 0. The molecular weight excluding hydrogens is 314 g/mol. The largest absolute Gasteiger partial charge is 0.323 e. The highest BCUT2D eigenvalue weighted by atomic mass is 79.9. The first kappa shape index (κ1) is 14.1. The third kappa shape index (κ3) is 3.16. The van der Waals surface area contributed by atoms with E-state index in [0.29, 0.717) is 11.3 Å². The molecule has 1 heterocycles. The molecule has 1 atom stereocenters. The molecule has 2 aromatic rings. The number of aromatic nitrogens is 1. The van der Waals surface area contributed by atoms with E-state index in [9.17, 15) is 8.78 Å². The fourth-order valence-corrected chi connectivity index (χ4v) is 2.11. The second kappa shape index (κ2) is 5.75. The van der Waals surface area contributed by atoms with E-state index in [4.69, 9.17) is 5.73 Å². The number of nitrogens with two attached hydrogens (primary N) is 1. The molecule has 2 rings (SSSR count). The van der Waals surface area contributed by atoms with E-state index in [0.717, 1.165) is 4.47 Å². The Hall–Kier alpha value is -1.33. The molecule has 2 nitrogen and oxygen atoms in total. The molecule has 0 bridgehead atoms. The van der Waals surface area contributed by atoms with Gasteiger partial charge in [-0.3, -0.25) is 4.98 Å². The third-order valence-electron chi connectivity index (χ3n) is 2.91. The average molecular weight is 327 g/mol. The number of hydrogen-bond acceptors (Lipinski definition) is 2. The molecule has 0 fully saturated rings. The Morgan fingerprint density at radius 2 is 2.00 bits per heavy atom. The second-order valence-electron chi connectivity index (χ2n) is 4.37. The van der Waals surface area contributed by atoms with Gasteiger partial charge in [-0.05, 0) is 46.6 Å². The first-order valence-corrected chi connectivity index (χ1v) is 6.59. The molecule has 0 radical (unpaired) electrons. The number of nitrogens with zero attached hydrogens (tertiary/aromatic N) is 1. The lowest BCUT2D eigenvalue weighted by Gasteiger charge is -2.14. The molecule has 100 valence electrons. The molecule has 0 amide bonds. The molecular formula is C14H13BrF2N2. The highest BCUT2D eigenvalue weighted by Crippen LogP contribution is 2.24. The van der Waals surface area contributed by atoms with Gasteiger partial charge in [0.2, 0.25) is 0 Å². The molecule has 0 aliphatic heterocycles. The van der Waals surface area contributed by atoms with Crippen molar-refractivity contribution in [1.29, 1.82) is 0 Å². The van der Waals surface area contributed by atoms with Crippen molar-refractivity contribution in [3.63, 3.8) is 0 Å². The van der Waals surface area contributed by atoms with Gasteiger partial charge in [-0.1, -0.05) is 6.07 Å². The zero-order valence-corrected chi connectivity index (χ0v) is 11.9. The van der Waals surface area contributed by atoms with Crippen molar-refractivity contribution in [2.24, 2.45) is 5.73 Å². The molecule has 2 N–H and O–H groups in total. The molecule has 1 aromatic heterocycles. The monoisotopic (exact) mass is 326 g/mol. The minimum Gasteiger partial charge on any atom is -0.323 e. The minimum absolute atomic E-state index is 0.0790. The number of rotatable bonds is 3. The van der Waals surface area contributed by atoms with Crippen LogP contribution in [0.2, 0.25) is 0 Å². The van der Waals surface area contributed by atoms with Gasteiger partial charge >= 0.3 is 0 Å². The van der Waals surface area contributed by atoms with Gasteiger partial charge in [0.05, 0.1) is 0 Å². The average Bonchev–Trinajstić information content (AvgIpc) is 2.37. The number of halogens is 3. The van der Waals surface area contributed by atoms with Crippen molar-refractivity contribution in [2.45, 2.75) is 19.4 Å². The second-order valence-corrected chi connectivity index (χ2v) is 5.29. The maximum absolute atomic E-state index is 13.9. The van der Waals surface area contributed by atoms with Crippen LogP contribution in [0.25, 0.3) is 0 Å². The van der Waals surface area contributed by atoms with Gasteiger partial charge in [-0.25, -0.2) is 8.78 Å². The molecule has 0 aliphatic carbocycles. The predicted molar refractivity (Wildman–Crippen MR) is 73.7 cm³/mol. The molecule has 1 unspecified atom stereocenters. The van der Waals surface area contributed by atoms with E-state index in [-0.39, 0.29) is 12.0 Å². The quantitative estimate of drug-likeness (QED) is 0.934. The van der Waals surface area contributed by atoms with Crippen LogP contribution in [0.3, 0.4) is 0 Å². The van der Waals surface area contributed by atoms with Gasteiger partial charge in [-0.2, -0.15) is 0 Å². The van der Waals surface area contributed by atoms with Crippen LogP contribution in [0.5, 0.6) is 0 Å². The lowest BCUT2D eigenvalue weighted by molar-refractivity contribution is 0.518. The summed E-state index contributed by atoms with van der Waals surface area (Å²) in [6.45, 7) is 1.59. The van der Waals surface area contributed by atoms with Crippen LogP contribution in [-0.2, 0) is 6.42 Å². The molecule has 0 saturated heterocycles. The Balaban J connectivity index is 2.27. The number of hydrogen-bond donors (Lipinski definition) is 1. The maximum atomic E-state index is 13.9. The van der Waals surface area contributed by atoms with E-state index in [1.807, 2.05) is 6.07 Å². The summed E-state index contributed by atoms with van der Waals surface area (Å²) in [5, 5.41) is 0. The van der Waals surface area contributed by atoms with Crippen molar-refractivity contribution in [3.05, 3.63) is 63.4 Å². The molecule has 0 saturated carbocycles. The van der Waals surface area contributed by atoms with Gasteiger partial charge in [-0.15, -0.1) is 0 Å². The fourth-order valence-electron chi connectivity index (χ4n) is 1.87. The summed E-state index contributed by atoms with van der Waals surface area (Å²) >= 11 is 3.28. The standard InChI is InChI=1S/C14H13BrF2N2/c1-8-2-5-11(16)13(14(8)17)12(18)6-10-4-3-9(15)7-19-10/h2-5,7,12H,6,18H2,1H3. The predicted octanol–water partition coefficient (Wildman–Crippen LogP) is 3.67. The SMILES string of the molecule is Cc1ccc(F)c(C(N)Cc2ccc(Br)cn2)c1F. The van der Waals surface area contributed by atoms with Crippen LogP contribution < -0.4 is 5.73 Å². The van der Waals surface area contributed by atoms with E-state index in [2.05, 4.69) is 20.9 Å². The lowest BCUT2D eigenvalue weighted by atomic mass is 9.99. The van der Waals surface area contributed by atoms with Crippen LogP contribution in [0.15, 0.2) is 34.9 Å². The highest BCUT2D eigenvalue weighted by Gasteiger charge is 2.19. The van der Waals surface area contributed by atoms with E-state index in [1.165, 1.54) is 12.1 Å². The molecule has 1 aromatic carbocycles. The van der Waals surface area contributed by atoms with Crippen LogP contribution in [-0.4, -0.2) is 4.98 Å². The van der Waals surface area contributed by atoms with E-state index in [1.54, 1.807) is 19.2 Å². The maximum Gasteiger partial charge on any atom is 0.133 e. The Labute approximate surface area is 118 Å². The Morgan fingerprint density at radius 3 is 2.63 bits per heavy atom. The van der Waals surface area contributed by atoms with E-state index < -0.39 is 17.7 Å². The first-order chi connectivity index (χ1) is 8.99. The minimum atomic E-state index is -0.756. The topological polar surface area (TPSA) is 38.9 Å². The van der Waals surface area contributed by atoms with Gasteiger partial charge in [0.1, 0.15) is 11.6 Å². The first-order valence-electron chi connectivity index (χ1n) is 5.79. The number of aryl methyl sites for hydroxylation is 1. The summed E-state index contributed by atoms with van der Waals surface area (Å²) in [4.78, 5) is 4.15. The highest BCUT2D eigenvalue weighted by molar-refractivity contribution is 9.10. The van der Waals surface area contributed by atoms with Crippen molar-refractivity contribution in [3.8, 4) is 0 Å². The van der Waals surface area contributed by atoms with Crippen molar-refractivity contribution >= 4 is 15.9 Å². The lowest BCUT2D eigenvalue weighted by Crippen LogP contribution is -2.18. The summed E-state index contributed by atoms with van der Waals surface area (Å²) in [6.07, 6.45) is 1.91. The van der Waals surface area contributed by atoms with E-state index >= 15 is 0 Å². The smallest absolute Gasteiger partial charge is 0.133 e. The summed E-state index contributed by atoms with van der Waals surface area (Å²) in [5.74, 6) is -1.20. The van der Waals surface area contributed by atoms with Gasteiger partial charge in [0.25, 0.3) is 0 Å². The summed E-state index contributed by atoms with van der Waals surface area (Å²) in [6, 6.07) is 5.48. The Morgan fingerprint density at radius 1 is 1.26 bits per heavy atom. The molecule has 5 heteroatoms. The summed E-state index contributed by atoms with van der Waals surface area (Å²) < 4.78 is 28.5. The van der Waals surface area contributed by atoms with Crippen LogP contribution in [0.4, 0.5) is 8.78 Å². The zero-order chi connectivity index (χ0) is 14.0. The van der Waals surface area contributed by atoms with Gasteiger partial charge in [0, 0.05) is 34.4 Å². The third-order valence-corrected chi connectivity index (χ3v) is 3.38. The van der Waals surface area contributed by atoms with Crippen LogP contribution in [0, 0.1) is 18.6 Å². The number of pyridine rings is 1. The Kier molecular flexibility index (Phi) is 4.27. The molecule has 0 aliphatic rings. The molecule has 19 heavy (non-hydrogen) atoms. The van der Waals surface area contributed by atoms with Crippen molar-refractivity contribution in [2.75, 3.05) is 0 Å².